The predicted octanol–water partition coefficient (Wildman–Crippen LogP) is 1.23. The summed E-state index contributed by atoms with van der Waals surface area (Å²) in [7, 11) is -0.977. The molecule has 0 amide bonds. The lowest BCUT2D eigenvalue weighted by Gasteiger charge is -2.32. The maximum Gasteiger partial charge on any atom is 0.512 e. The van der Waals surface area contributed by atoms with Gasteiger partial charge in [0, 0.05) is 5.56 Å². The molecule has 108 valence electrons. The van der Waals surface area contributed by atoms with Gasteiger partial charge in [-0.05, 0) is 33.3 Å². The normalized spacial score (nSPS) is 23.4. The Hall–Kier alpha value is -1.21. The van der Waals surface area contributed by atoms with Gasteiger partial charge in [0.05, 0.1) is 11.2 Å². The summed E-state index contributed by atoms with van der Waals surface area (Å²) in [5.74, 6) is 0. The quantitative estimate of drug-likeness (QED) is 0.493. The van der Waals surface area contributed by atoms with Gasteiger partial charge in [-0.3, -0.25) is 4.79 Å². The molecular weight excluding hydrogens is 257 g/mol. The first-order valence-electron chi connectivity index (χ1n) is 6.53. The average molecular weight is 277 g/mol. The summed E-state index contributed by atoms with van der Waals surface area (Å²) in [6, 6.07) is 6.36. The lowest BCUT2D eigenvalue weighted by Crippen LogP contribution is -2.53. The number of hydrogen-bond acceptors (Lipinski definition) is 5. The molecule has 20 heavy (non-hydrogen) atoms. The van der Waals surface area contributed by atoms with Gasteiger partial charge < -0.3 is 20.1 Å². The maximum absolute atomic E-state index is 10.7. The van der Waals surface area contributed by atoms with Crippen LogP contribution in [-0.2, 0) is 14.9 Å². The van der Waals surface area contributed by atoms with Crippen LogP contribution in [0.4, 0.5) is 0 Å². The van der Waals surface area contributed by atoms with Gasteiger partial charge in [-0.25, -0.2) is 0 Å². The number of aldehydes is 1. The molecule has 1 fully saturated rings. The molecule has 1 saturated heterocycles. The fourth-order valence-corrected chi connectivity index (χ4v) is 1.99. The van der Waals surface area contributed by atoms with Crippen molar-refractivity contribution in [1.82, 2.24) is 0 Å². The van der Waals surface area contributed by atoms with E-state index in [1.54, 1.807) is 24.3 Å². The van der Waals surface area contributed by atoms with E-state index in [-0.39, 0.29) is 0 Å². The lowest BCUT2D eigenvalue weighted by molar-refractivity contribution is 0.00578. The summed E-state index contributed by atoms with van der Waals surface area (Å²) in [4.78, 5) is 10.7. The van der Waals surface area contributed by atoms with E-state index in [0.29, 0.717) is 11.1 Å². The number of aliphatic hydroxyl groups is 1. The first kappa shape index (κ1) is 15.2. The third kappa shape index (κ3) is 2.40. The van der Waals surface area contributed by atoms with E-state index in [1.165, 1.54) is 0 Å². The smallest absolute Gasteiger partial charge is 0.400 e. The highest BCUT2D eigenvalue weighted by molar-refractivity contribution is 6.48. The molecule has 0 unspecified atom stereocenters. The zero-order valence-electron chi connectivity index (χ0n) is 12.2. The van der Waals surface area contributed by atoms with Crippen LogP contribution in [0.15, 0.2) is 24.3 Å². The zero-order chi connectivity index (χ0) is 15.2. The van der Waals surface area contributed by atoms with Gasteiger partial charge in [0.25, 0.3) is 0 Å². The minimum Gasteiger partial charge on any atom is -0.400 e. The van der Waals surface area contributed by atoms with Gasteiger partial charge in [0.15, 0.2) is 5.62 Å². The third-order valence-electron chi connectivity index (χ3n) is 4.12. The molecule has 0 spiro atoms. The highest BCUT2D eigenvalue weighted by Crippen LogP contribution is 2.40. The van der Waals surface area contributed by atoms with Crippen molar-refractivity contribution in [3.63, 3.8) is 0 Å². The van der Waals surface area contributed by atoms with Gasteiger partial charge in [0.2, 0.25) is 0 Å². The number of rotatable bonds is 3. The lowest BCUT2D eigenvalue weighted by atomic mass is 9.70. The van der Waals surface area contributed by atoms with Crippen molar-refractivity contribution in [2.75, 3.05) is 0 Å². The molecule has 1 aliphatic heterocycles. The molecule has 0 saturated carbocycles. The highest BCUT2D eigenvalue weighted by atomic mass is 16.7. The second-order valence-electron chi connectivity index (χ2n) is 6.15. The standard InChI is InChI=1S/C14H20BNO4/c1-12(2)13(3,4)20-15(19-12)14(16,18)11-7-5-10(9-17)6-8-11/h5-9,18H,16H2,1-4H3/t14-/m1/s1. The Labute approximate surface area is 119 Å². The van der Waals surface area contributed by atoms with Gasteiger partial charge >= 0.3 is 7.12 Å². The summed E-state index contributed by atoms with van der Waals surface area (Å²) in [5.41, 5.74) is 4.00. The van der Waals surface area contributed by atoms with Crippen LogP contribution in [0.5, 0.6) is 0 Å². The molecule has 1 aromatic carbocycles. The highest BCUT2D eigenvalue weighted by Gasteiger charge is 2.58. The topological polar surface area (TPSA) is 81.8 Å². The fraction of sp³-hybridized carbons (Fsp3) is 0.500. The molecular formula is C14H20BNO4. The van der Waals surface area contributed by atoms with Crippen molar-refractivity contribution in [2.24, 2.45) is 5.73 Å². The molecule has 2 rings (SSSR count). The van der Waals surface area contributed by atoms with Gasteiger partial charge in [-0.15, -0.1) is 0 Å². The van der Waals surface area contributed by atoms with Crippen LogP contribution in [0, 0.1) is 0 Å². The second kappa shape index (κ2) is 4.67. The van der Waals surface area contributed by atoms with Crippen LogP contribution >= 0.6 is 0 Å². The molecule has 0 aliphatic carbocycles. The van der Waals surface area contributed by atoms with Crippen LogP contribution in [0.25, 0.3) is 0 Å². The number of benzene rings is 1. The summed E-state index contributed by atoms with van der Waals surface area (Å²) in [5, 5.41) is 10.6. The van der Waals surface area contributed by atoms with Crippen molar-refractivity contribution in [3.8, 4) is 0 Å². The van der Waals surface area contributed by atoms with Crippen LogP contribution in [0.1, 0.15) is 43.6 Å². The SMILES string of the molecule is CC1(C)OB([C@](N)(O)c2ccc(C=O)cc2)OC1(C)C. The fourth-order valence-electron chi connectivity index (χ4n) is 1.99. The van der Waals surface area contributed by atoms with Crippen LogP contribution in [0.3, 0.4) is 0 Å². The molecule has 6 heteroatoms. The largest absolute Gasteiger partial charge is 0.512 e. The van der Waals surface area contributed by atoms with E-state index in [4.69, 9.17) is 15.0 Å². The molecule has 0 radical (unpaired) electrons. The van der Waals surface area contributed by atoms with Crippen molar-refractivity contribution >= 4 is 13.4 Å². The van der Waals surface area contributed by atoms with Crippen LogP contribution in [0.2, 0.25) is 0 Å². The molecule has 1 aromatic rings. The molecule has 1 aliphatic rings. The zero-order valence-corrected chi connectivity index (χ0v) is 12.2. The Morgan fingerprint density at radius 2 is 1.60 bits per heavy atom. The molecule has 3 N–H and O–H groups in total. The maximum atomic E-state index is 10.7. The molecule has 1 atom stereocenters. The Kier molecular flexibility index (Phi) is 3.54. The average Bonchev–Trinajstić information content (AvgIpc) is 2.59. The number of nitrogens with two attached hydrogens (primary N) is 1. The van der Waals surface area contributed by atoms with Crippen molar-refractivity contribution < 1.29 is 19.2 Å². The minimum atomic E-state index is -1.79. The van der Waals surface area contributed by atoms with Crippen LogP contribution in [-0.4, -0.2) is 29.7 Å². The summed E-state index contributed by atoms with van der Waals surface area (Å²) in [6.45, 7) is 7.55. The van der Waals surface area contributed by atoms with Gasteiger partial charge in [-0.1, -0.05) is 24.3 Å². The number of carbonyl (C=O) groups is 1. The van der Waals surface area contributed by atoms with E-state index in [1.807, 2.05) is 27.7 Å². The minimum absolute atomic E-state index is 0.432. The molecule has 5 nitrogen and oxygen atoms in total. The molecule has 0 bridgehead atoms. The Balaban J connectivity index is 2.29. The van der Waals surface area contributed by atoms with Crippen molar-refractivity contribution in [1.29, 1.82) is 0 Å². The molecule has 1 heterocycles. The summed E-state index contributed by atoms with van der Waals surface area (Å²) >= 11 is 0. The van der Waals surface area contributed by atoms with E-state index in [9.17, 15) is 9.90 Å². The van der Waals surface area contributed by atoms with Crippen LogP contribution < -0.4 is 5.73 Å². The van der Waals surface area contributed by atoms with Gasteiger partial charge in [-0.2, -0.15) is 0 Å². The third-order valence-corrected chi connectivity index (χ3v) is 4.12. The van der Waals surface area contributed by atoms with E-state index in [2.05, 4.69) is 0 Å². The first-order chi connectivity index (χ1) is 9.10. The Bertz CT molecular complexity index is 494. The summed E-state index contributed by atoms with van der Waals surface area (Å²) in [6.07, 6.45) is 0.730. The van der Waals surface area contributed by atoms with E-state index >= 15 is 0 Å². The van der Waals surface area contributed by atoms with E-state index in [0.717, 1.165) is 6.29 Å². The Morgan fingerprint density at radius 1 is 1.15 bits per heavy atom. The van der Waals surface area contributed by atoms with Crippen molar-refractivity contribution in [3.05, 3.63) is 35.4 Å². The van der Waals surface area contributed by atoms with E-state index < -0.39 is 23.9 Å². The summed E-state index contributed by atoms with van der Waals surface area (Å²) < 4.78 is 11.5. The predicted molar refractivity (Wildman–Crippen MR) is 76.0 cm³/mol. The van der Waals surface area contributed by atoms with Gasteiger partial charge in [0.1, 0.15) is 6.29 Å². The number of carbonyl (C=O) groups excluding carboxylic acids is 1. The molecule has 0 aromatic heterocycles. The monoisotopic (exact) mass is 277 g/mol. The first-order valence-corrected chi connectivity index (χ1v) is 6.53. The van der Waals surface area contributed by atoms with Crippen molar-refractivity contribution in [2.45, 2.75) is 44.5 Å². The number of hydrogen-bond donors (Lipinski definition) is 2. The second-order valence-corrected chi connectivity index (χ2v) is 6.15. The Morgan fingerprint density at radius 3 is 2.00 bits per heavy atom.